The van der Waals surface area contributed by atoms with Gasteiger partial charge in [-0.3, -0.25) is 9.78 Å². The van der Waals surface area contributed by atoms with Crippen molar-refractivity contribution in [2.45, 2.75) is 12.5 Å². The monoisotopic (exact) mass is 518 g/mol. The lowest BCUT2D eigenvalue weighted by atomic mass is 9.95. The van der Waals surface area contributed by atoms with E-state index in [9.17, 15) is 27.9 Å². The van der Waals surface area contributed by atoms with E-state index in [4.69, 9.17) is 23.2 Å². The van der Waals surface area contributed by atoms with Gasteiger partial charge in [-0.2, -0.15) is 0 Å². The van der Waals surface area contributed by atoms with E-state index in [0.717, 1.165) is 30.3 Å². The average molecular weight is 519 g/mol. The molecule has 1 atom stereocenters. The van der Waals surface area contributed by atoms with Crippen LogP contribution in [0.4, 0.5) is 13.2 Å². The fourth-order valence-corrected chi connectivity index (χ4v) is 4.44. The topological polar surface area (TPSA) is 79.3 Å². The van der Waals surface area contributed by atoms with Crippen molar-refractivity contribution in [3.05, 3.63) is 99.4 Å². The van der Waals surface area contributed by atoms with Gasteiger partial charge in [0.1, 0.15) is 29.1 Å². The van der Waals surface area contributed by atoms with Gasteiger partial charge in [-0.05, 0) is 41.5 Å². The SMILES string of the molecule is O=C(N[C@@H](Cc1ccc(-c2c(Cl)cc(F)cc2Cl)c2cccnc12)C(=O)O)c1c(F)cccc1F. The zero-order chi connectivity index (χ0) is 25.3. The molecule has 0 radical (unpaired) electrons. The summed E-state index contributed by atoms with van der Waals surface area (Å²) in [5, 5.41) is 12.6. The molecule has 0 spiro atoms. The van der Waals surface area contributed by atoms with Crippen LogP contribution >= 0.6 is 23.2 Å². The minimum Gasteiger partial charge on any atom is -0.480 e. The molecule has 1 amide bonds. The molecule has 1 heterocycles. The van der Waals surface area contributed by atoms with Gasteiger partial charge in [0.05, 0.1) is 15.6 Å². The number of carboxylic acids is 1. The Morgan fingerprint density at radius 1 is 0.971 bits per heavy atom. The maximum atomic E-state index is 14.0. The third-order valence-electron chi connectivity index (χ3n) is 5.35. The maximum absolute atomic E-state index is 14.0. The summed E-state index contributed by atoms with van der Waals surface area (Å²) in [5.41, 5.74) is 0.853. The molecule has 0 saturated heterocycles. The molecule has 3 aromatic carbocycles. The highest BCUT2D eigenvalue weighted by Gasteiger charge is 2.26. The molecule has 0 bridgehead atoms. The van der Waals surface area contributed by atoms with Crippen LogP contribution in [-0.2, 0) is 11.2 Å². The van der Waals surface area contributed by atoms with Gasteiger partial charge >= 0.3 is 5.97 Å². The van der Waals surface area contributed by atoms with E-state index in [2.05, 4.69) is 10.3 Å². The van der Waals surface area contributed by atoms with Gasteiger partial charge in [-0.1, -0.05) is 47.5 Å². The zero-order valence-corrected chi connectivity index (χ0v) is 19.2. The predicted octanol–water partition coefficient (Wildman–Crippen LogP) is 6.05. The summed E-state index contributed by atoms with van der Waals surface area (Å²) in [6, 6.07) is 10.2. The summed E-state index contributed by atoms with van der Waals surface area (Å²) >= 11 is 12.5. The number of aliphatic carboxylic acids is 1. The molecule has 0 aliphatic heterocycles. The Morgan fingerprint density at radius 3 is 2.26 bits per heavy atom. The van der Waals surface area contributed by atoms with E-state index in [1.165, 1.54) is 6.20 Å². The lowest BCUT2D eigenvalue weighted by Crippen LogP contribution is -2.43. The number of carbonyl (C=O) groups excluding carboxylic acids is 1. The summed E-state index contributed by atoms with van der Waals surface area (Å²) in [4.78, 5) is 28.7. The van der Waals surface area contributed by atoms with Crippen molar-refractivity contribution in [2.24, 2.45) is 0 Å². The van der Waals surface area contributed by atoms with Crippen molar-refractivity contribution in [2.75, 3.05) is 0 Å². The Kier molecular flexibility index (Phi) is 6.95. The molecule has 4 rings (SSSR count). The fraction of sp³-hybridized carbons (Fsp3) is 0.0800. The number of carbonyl (C=O) groups is 2. The standard InChI is InChI=1S/C25H15Cl2F3N2O3/c26-16-10-13(28)11-17(27)21(16)14-7-6-12(23-15(14)3-2-8-31-23)9-20(25(34)35)32-24(33)22-18(29)4-1-5-19(22)30/h1-8,10-11,20H,9H2,(H,32,33)(H,34,35)/t20-/m0/s1. The number of benzene rings is 3. The number of carboxylic acid groups (broad SMARTS) is 1. The third-order valence-corrected chi connectivity index (χ3v) is 5.94. The van der Waals surface area contributed by atoms with Crippen molar-refractivity contribution in [3.8, 4) is 11.1 Å². The molecule has 178 valence electrons. The number of nitrogens with zero attached hydrogens (tertiary/aromatic N) is 1. The summed E-state index contributed by atoms with van der Waals surface area (Å²) in [6.45, 7) is 0. The van der Waals surface area contributed by atoms with E-state index in [1.54, 1.807) is 24.3 Å². The van der Waals surface area contributed by atoms with Crippen molar-refractivity contribution < 1.29 is 27.9 Å². The molecule has 2 N–H and O–H groups in total. The lowest BCUT2D eigenvalue weighted by Gasteiger charge is -2.18. The minimum absolute atomic E-state index is 0.0792. The zero-order valence-electron chi connectivity index (χ0n) is 17.7. The van der Waals surface area contributed by atoms with E-state index >= 15 is 0 Å². The number of pyridine rings is 1. The van der Waals surface area contributed by atoms with Crippen LogP contribution in [0.1, 0.15) is 15.9 Å². The number of amides is 1. The largest absolute Gasteiger partial charge is 0.480 e. The summed E-state index contributed by atoms with van der Waals surface area (Å²) in [7, 11) is 0. The first kappa shape index (κ1) is 24.5. The molecule has 35 heavy (non-hydrogen) atoms. The molecule has 5 nitrogen and oxygen atoms in total. The van der Waals surface area contributed by atoms with Gasteiger partial charge in [0.25, 0.3) is 5.91 Å². The molecule has 4 aromatic rings. The highest BCUT2D eigenvalue weighted by atomic mass is 35.5. The van der Waals surface area contributed by atoms with Crippen molar-refractivity contribution in [1.82, 2.24) is 10.3 Å². The minimum atomic E-state index is -1.52. The van der Waals surface area contributed by atoms with Crippen LogP contribution in [0.25, 0.3) is 22.0 Å². The second-order valence-electron chi connectivity index (χ2n) is 7.58. The molecule has 0 aliphatic rings. The van der Waals surface area contributed by atoms with Gasteiger partial charge in [-0.15, -0.1) is 0 Å². The summed E-state index contributed by atoms with van der Waals surface area (Å²) in [5.74, 6) is -5.44. The van der Waals surface area contributed by atoms with Crippen LogP contribution in [0.15, 0.2) is 60.8 Å². The van der Waals surface area contributed by atoms with Gasteiger partial charge in [0, 0.05) is 23.6 Å². The molecule has 0 fully saturated rings. The third kappa shape index (κ3) is 4.94. The smallest absolute Gasteiger partial charge is 0.326 e. The highest BCUT2D eigenvalue weighted by Crippen LogP contribution is 2.39. The quantitative estimate of drug-likeness (QED) is 0.325. The molecule has 10 heteroatoms. The van der Waals surface area contributed by atoms with E-state index in [-0.39, 0.29) is 16.5 Å². The van der Waals surface area contributed by atoms with Gasteiger partial charge in [-0.25, -0.2) is 18.0 Å². The number of hydrogen-bond acceptors (Lipinski definition) is 3. The van der Waals surface area contributed by atoms with Crippen molar-refractivity contribution in [1.29, 1.82) is 0 Å². The molecule has 1 aromatic heterocycles. The molecule has 0 aliphatic carbocycles. The Hall–Kier alpha value is -3.62. The molecule has 0 saturated carbocycles. The molecule has 0 unspecified atom stereocenters. The van der Waals surface area contributed by atoms with Crippen molar-refractivity contribution >= 4 is 46.0 Å². The van der Waals surface area contributed by atoms with Crippen LogP contribution in [-0.4, -0.2) is 28.0 Å². The first-order valence-electron chi connectivity index (χ1n) is 10.2. The number of nitrogens with one attached hydrogen (secondary N) is 1. The van der Waals surface area contributed by atoms with E-state index in [1.807, 2.05) is 0 Å². The van der Waals surface area contributed by atoms with Crippen LogP contribution in [0, 0.1) is 17.5 Å². The normalized spacial score (nSPS) is 11.9. The number of hydrogen-bond donors (Lipinski definition) is 2. The molecular formula is C25H15Cl2F3N2O3. The number of halogens is 5. The van der Waals surface area contributed by atoms with E-state index in [0.29, 0.717) is 27.6 Å². The highest BCUT2D eigenvalue weighted by molar-refractivity contribution is 6.39. The average Bonchev–Trinajstić information content (AvgIpc) is 2.79. The number of rotatable bonds is 6. The van der Waals surface area contributed by atoms with E-state index < -0.39 is 40.9 Å². The van der Waals surface area contributed by atoms with Crippen LogP contribution in [0.5, 0.6) is 0 Å². The Balaban J connectivity index is 1.73. The summed E-state index contributed by atoms with van der Waals surface area (Å²) < 4.78 is 41.6. The Labute approximate surface area is 207 Å². The van der Waals surface area contributed by atoms with Crippen LogP contribution in [0.3, 0.4) is 0 Å². The Morgan fingerprint density at radius 2 is 1.63 bits per heavy atom. The fourth-order valence-electron chi connectivity index (χ4n) is 3.78. The second-order valence-corrected chi connectivity index (χ2v) is 8.40. The lowest BCUT2D eigenvalue weighted by molar-refractivity contribution is -0.139. The van der Waals surface area contributed by atoms with Crippen molar-refractivity contribution in [3.63, 3.8) is 0 Å². The van der Waals surface area contributed by atoms with Crippen LogP contribution < -0.4 is 5.32 Å². The number of fused-ring (bicyclic) bond motifs is 1. The maximum Gasteiger partial charge on any atom is 0.326 e. The van der Waals surface area contributed by atoms with Gasteiger partial charge in [0.2, 0.25) is 0 Å². The summed E-state index contributed by atoms with van der Waals surface area (Å²) in [6.07, 6.45) is 1.25. The van der Waals surface area contributed by atoms with Gasteiger partial charge < -0.3 is 10.4 Å². The van der Waals surface area contributed by atoms with Gasteiger partial charge in [0.15, 0.2) is 0 Å². The second kappa shape index (κ2) is 9.93. The predicted molar refractivity (Wildman–Crippen MR) is 126 cm³/mol. The first-order chi connectivity index (χ1) is 16.7. The Bertz CT molecular complexity index is 1440. The molecular weight excluding hydrogens is 504 g/mol. The first-order valence-corrected chi connectivity index (χ1v) is 10.9. The van der Waals surface area contributed by atoms with Crippen LogP contribution in [0.2, 0.25) is 10.0 Å². The number of aromatic nitrogens is 1.